The average molecular weight is 423 g/mol. The summed E-state index contributed by atoms with van der Waals surface area (Å²) in [5.41, 5.74) is 0.0439. The molecule has 1 fully saturated rings. The van der Waals surface area contributed by atoms with Crippen LogP contribution in [0, 0.1) is 0 Å². The van der Waals surface area contributed by atoms with Gasteiger partial charge in [-0.1, -0.05) is 12.1 Å². The number of halogens is 3. The van der Waals surface area contributed by atoms with E-state index in [4.69, 9.17) is 4.74 Å². The lowest BCUT2D eigenvalue weighted by atomic mass is 9.75. The number of aromatic nitrogens is 4. The number of anilines is 1. The zero-order chi connectivity index (χ0) is 20.6. The molecule has 0 saturated carbocycles. The van der Waals surface area contributed by atoms with E-state index >= 15 is 0 Å². The molecule has 0 atom stereocenters. The van der Waals surface area contributed by atoms with Crippen molar-refractivity contribution >= 4 is 22.9 Å². The highest BCUT2D eigenvalue weighted by atomic mass is 32.1. The Hall–Kier alpha value is -2.79. The first-order valence-corrected chi connectivity index (χ1v) is 9.50. The van der Waals surface area contributed by atoms with E-state index in [2.05, 4.69) is 20.5 Å². The summed E-state index contributed by atoms with van der Waals surface area (Å²) in [5, 5.41) is 11.2. The Kier molecular flexibility index (Phi) is 4.87. The molecule has 1 aliphatic heterocycles. The maximum atomic E-state index is 12.7. The number of alkyl halides is 3. The molecule has 152 valence electrons. The van der Waals surface area contributed by atoms with Gasteiger partial charge in [0.05, 0.1) is 13.2 Å². The molecule has 0 spiro atoms. The van der Waals surface area contributed by atoms with Crippen molar-refractivity contribution < 1.29 is 22.7 Å². The maximum Gasteiger partial charge on any atom is 0.434 e. The standard InChI is InChI=1S/C18H16F3N5O2S/c1-26-10-22-25-14(26)6-17(8-28-9-17)11-3-2-4-12(5-11)23-15(27)16-24-13(7-29-16)18(19,20)21/h2-5,7,10H,6,8-9H2,1H3,(H,23,27). The van der Waals surface area contributed by atoms with Gasteiger partial charge in [-0.3, -0.25) is 4.79 Å². The third-order valence-corrected chi connectivity index (χ3v) is 5.62. The second kappa shape index (κ2) is 7.23. The zero-order valence-corrected chi connectivity index (χ0v) is 16.0. The van der Waals surface area contributed by atoms with Crippen LogP contribution < -0.4 is 5.32 Å². The van der Waals surface area contributed by atoms with Gasteiger partial charge in [0.15, 0.2) is 10.7 Å². The summed E-state index contributed by atoms with van der Waals surface area (Å²) >= 11 is 0.652. The highest BCUT2D eigenvalue weighted by Crippen LogP contribution is 2.36. The average Bonchev–Trinajstić information content (AvgIpc) is 3.27. The number of amides is 1. The van der Waals surface area contributed by atoms with E-state index in [1.807, 2.05) is 17.7 Å². The minimum Gasteiger partial charge on any atom is -0.379 e. The van der Waals surface area contributed by atoms with Crippen molar-refractivity contribution in [2.75, 3.05) is 18.5 Å². The van der Waals surface area contributed by atoms with Crippen LogP contribution in [-0.2, 0) is 29.8 Å². The molecule has 3 aromatic rings. The summed E-state index contributed by atoms with van der Waals surface area (Å²) < 4.78 is 45.4. The van der Waals surface area contributed by atoms with Crippen LogP contribution in [0.25, 0.3) is 0 Å². The van der Waals surface area contributed by atoms with Crippen LogP contribution in [0.1, 0.15) is 26.9 Å². The molecule has 4 rings (SSSR count). The van der Waals surface area contributed by atoms with Crippen molar-refractivity contribution in [2.24, 2.45) is 7.05 Å². The Bertz CT molecular complexity index is 1040. The third-order valence-electron chi connectivity index (χ3n) is 4.78. The van der Waals surface area contributed by atoms with Gasteiger partial charge in [0.2, 0.25) is 0 Å². The molecule has 0 bridgehead atoms. The topological polar surface area (TPSA) is 81.9 Å². The minimum atomic E-state index is -4.58. The number of aryl methyl sites for hydroxylation is 1. The van der Waals surface area contributed by atoms with E-state index in [0.29, 0.717) is 36.7 Å². The van der Waals surface area contributed by atoms with E-state index in [1.165, 1.54) is 0 Å². The predicted octanol–water partition coefficient (Wildman–Crippen LogP) is 3.05. The molecule has 1 amide bonds. The molecule has 2 aromatic heterocycles. The van der Waals surface area contributed by atoms with E-state index < -0.39 is 17.8 Å². The van der Waals surface area contributed by atoms with Crippen molar-refractivity contribution in [1.29, 1.82) is 0 Å². The van der Waals surface area contributed by atoms with Crippen molar-refractivity contribution in [2.45, 2.75) is 18.0 Å². The Morgan fingerprint density at radius 3 is 2.76 bits per heavy atom. The van der Waals surface area contributed by atoms with Gasteiger partial charge in [-0.05, 0) is 17.7 Å². The van der Waals surface area contributed by atoms with Crippen molar-refractivity contribution in [3.8, 4) is 0 Å². The van der Waals surface area contributed by atoms with E-state index in [-0.39, 0.29) is 10.4 Å². The lowest BCUT2D eigenvalue weighted by Crippen LogP contribution is -2.49. The molecule has 11 heteroatoms. The van der Waals surface area contributed by atoms with Gasteiger partial charge in [-0.25, -0.2) is 4.98 Å². The van der Waals surface area contributed by atoms with Gasteiger partial charge < -0.3 is 14.6 Å². The van der Waals surface area contributed by atoms with Crippen LogP contribution in [0.15, 0.2) is 36.0 Å². The van der Waals surface area contributed by atoms with Gasteiger partial charge in [0.1, 0.15) is 12.2 Å². The van der Waals surface area contributed by atoms with Crippen molar-refractivity contribution in [3.05, 3.63) is 58.1 Å². The summed E-state index contributed by atoms with van der Waals surface area (Å²) in [6, 6.07) is 7.19. The number of hydrogen-bond acceptors (Lipinski definition) is 6. The van der Waals surface area contributed by atoms with Gasteiger partial charge in [0.25, 0.3) is 5.91 Å². The van der Waals surface area contributed by atoms with E-state index in [1.54, 1.807) is 24.5 Å². The number of rotatable bonds is 5. The molecule has 0 unspecified atom stereocenters. The Morgan fingerprint density at radius 1 is 1.38 bits per heavy atom. The third kappa shape index (κ3) is 3.87. The largest absolute Gasteiger partial charge is 0.434 e. The fourth-order valence-electron chi connectivity index (χ4n) is 3.11. The summed E-state index contributed by atoms with van der Waals surface area (Å²) in [7, 11) is 1.86. The van der Waals surface area contributed by atoms with Crippen molar-refractivity contribution in [1.82, 2.24) is 19.7 Å². The smallest absolute Gasteiger partial charge is 0.379 e. The van der Waals surface area contributed by atoms with Gasteiger partial charge in [-0.2, -0.15) is 13.2 Å². The number of hydrogen-bond donors (Lipinski definition) is 1. The number of nitrogens with zero attached hydrogens (tertiary/aromatic N) is 4. The second-order valence-corrected chi connectivity index (χ2v) is 7.74. The fraction of sp³-hybridized carbons (Fsp3) is 0.333. The van der Waals surface area contributed by atoms with E-state index in [9.17, 15) is 18.0 Å². The van der Waals surface area contributed by atoms with Crippen LogP contribution in [0.2, 0.25) is 0 Å². The highest BCUT2D eigenvalue weighted by Gasteiger charge is 2.42. The second-order valence-electron chi connectivity index (χ2n) is 6.88. The van der Waals surface area contributed by atoms with Gasteiger partial charge >= 0.3 is 6.18 Å². The summed E-state index contributed by atoms with van der Waals surface area (Å²) in [5.74, 6) is 0.125. The summed E-state index contributed by atoms with van der Waals surface area (Å²) in [4.78, 5) is 15.7. The molecule has 29 heavy (non-hydrogen) atoms. The minimum absolute atomic E-state index is 0.247. The Labute approximate surface area is 167 Å². The molecule has 0 aliphatic carbocycles. The quantitative estimate of drug-likeness (QED) is 0.682. The molecule has 7 nitrogen and oxygen atoms in total. The first-order valence-electron chi connectivity index (χ1n) is 8.62. The number of thiazole rings is 1. The number of nitrogens with one attached hydrogen (secondary N) is 1. The van der Waals surface area contributed by atoms with Crippen LogP contribution in [0.3, 0.4) is 0 Å². The van der Waals surface area contributed by atoms with Gasteiger partial charge in [-0.15, -0.1) is 21.5 Å². The molecule has 1 saturated heterocycles. The van der Waals surface area contributed by atoms with Crippen LogP contribution in [0.5, 0.6) is 0 Å². The van der Waals surface area contributed by atoms with Crippen LogP contribution >= 0.6 is 11.3 Å². The zero-order valence-electron chi connectivity index (χ0n) is 15.2. The molecular formula is C18H16F3N5O2S. The normalized spacial score (nSPS) is 15.7. The number of carbonyl (C=O) groups excluding carboxylic acids is 1. The van der Waals surface area contributed by atoms with Crippen LogP contribution in [-0.4, -0.2) is 38.9 Å². The number of benzene rings is 1. The lowest BCUT2D eigenvalue weighted by molar-refractivity contribution is -0.140. The molecule has 1 aromatic carbocycles. The lowest BCUT2D eigenvalue weighted by Gasteiger charge is -2.41. The monoisotopic (exact) mass is 423 g/mol. The summed E-state index contributed by atoms with van der Waals surface area (Å²) in [6.45, 7) is 0.997. The number of ether oxygens (including phenoxy) is 1. The number of carbonyl (C=O) groups is 1. The maximum absolute atomic E-state index is 12.7. The highest BCUT2D eigenvalue weighted by molar-refractivity contribution is 7.11. The van der Waals surface area contributed by atoms with Gasteiger partial charge in [0, 0.05) is 30.0 Å². The Balaban J connectivity index is 1.53. The molecule has 1 N–H and O–H groups in total. The predicted molar refractivity (Wildman–Crippen MR) is 98.7 cm³/mol. The first-order chi connectivity index (χ1) is 13.8. The molecule has 3 heterocycles. The van der Waals surface area contributed by atoms with Crippen molar-refractivity contribution in [3.63, 3.8) is 0 Å². The molecule has 0 radical (unpaired) electrons. The first kappa shape index (κ1) is 19.5. The summed E-state index contributed by atoms with van der Waals surface area (Å²) in [6.07, 6.45) is -2.34. The van der Waals surface area contributed by atoms with Crippen LogP contribution in [0.4, 0.5) is 18.9 Å². The van der Waals surface area contributed by atoms with E-state index in [0.717, 1.165) is 16.8 Å². The molecular weight excluding hydrogens is 407 g/mol. The Morgan fingerprint density at radius 2 is 2.17 bits per heavy atom. The fourth-order valence-corrected chi connectivity index (χ4v) is 3.83. The molecule has 1 aliphatic rings. The SMILES string of the molecule is Cn1cnnc1CC1(c2cccc(NC(=O)c3nc(C(F)(F)F)cs3)c2)COC1.